The topological polar surface area (TPSA) is 178 Å². The average Bonchev–Trinajstić information content (AvgIpc) is 4.03. The summed E-state index contributed by atoms with van der Waals surface area (Å²) in [5, 5.41) is 9.12. The summed E-state index contributed by atoms with van der Waals surface area (Å²) in [6, 6.07) is 5.81. The van der Waals surface area contributed by atoms with Crippen molar-refractivity contribution in [2.45, 2.75) is 126 Å². The third-order valence-corrected chi connectivity index (χ3v) is 16.0. The molecule has 2 saturated carbocycles. The smallest absolute Gasteiger partial charge is 0.496 e. The average molecular weight is 957 g/mol. The summed E-state index contributed by atoms with van der Waals surface area (Å²) in [6.07, 6.45) is 1.26. The number of alkyl halides is 3. The first-order valence-corrected chi connectivity index (χ1v) is 24.4. The molecule has 354 valence electrons. The van der Waals surface area contributed by atoms with Gasteiger partial charge in [0, 0.05) is 46.5 Å². The van der Waals surface area contributed by atoms with Crippen LogP contribution in [0.2, 0.25) is 0 Å². The van der Waals surface area contributed by atoms with E-state index in [1.165, 1.54) is 22.3 Å². The van der Waals surface area contributed by atoms with Gasteiger partial charge in [0.2, 0.25) is 21.8 Å². The van der Waals surface area contributed by atoms with Crippen LogP contribution < -0.4 is 29.6 Å². The van der Waals surface area contributed by atoms with Crippen molar-refractivity contribution in [2.24, 2.45) is 5.92 Å². The number of aromatic nitrogens is 2. The minimum Gasteiger partial charge on any atom is -0.496 e. The summed E-state index contributed by atoms with van der Waals surface area (Å²) in [5.74, 6) is -3.87. The molecule has 0 bridgehead atoms. The number of thiazole rings is 1. The number of pyridine rings is 1. The van der Waals surface area contributed by atoms with E-state index in [1.807, 2.05) is 44.4 Å². The fraction of sp³-hybridized carbons (Fsp3) is 0.500. The first-order valence-electron chi connectivity index (χ1n) is 22.0. The summed E-state index contributed by atoms with van der Waals surface area (Å²) in [5.41, 5.74) is 1.14. The maximum Gasteiger partial charge on any atom is 0.573 e. The van der Waals surface area contributed by atoms with Crippen molar-refractivity contribution in [3.63, 3.8) is 0 Å². The van der Waals surface area contributed by atoms with Gasteiger partial charge < -0.3 is 29.7 Å². The van der Waals surface area contributed by atoms with Crippen molar-refractivity contribution < 1.29 is 54.6 Å². The van der Waals surface area contributed by atoms with E-state index < -0.39 is 80.1 Å². The zero-order chi connectivity index (χ0) is 47.3. The predicted octanol–water partition coefficient (Wildman–Crippen LogP) is 8.06. The summed E-state index contributed by atoms with van der Waals surface area (Å²) in [7, 11) is -2.52. The molecule has 3 amide bonds. The zero-order valence-corrected chi connectivity index (χ0v) is 38.7. The van der Waals surface area contributed by atoms with Crippen LogP contribution in [0.4, 0.5) is 23.2 Å². The Hall–Kier alpha value is -5.50. The van der Waals surface area contributed by atoms with E-state index in [0.717, 1.165) is 23.4 Å². The molecule has 20 heteroatoms. The number of fused-ring (bicyclic) bond motifs is 3. The van der Waals surface area contributed by atoms with Gasteiger partial charge in [-0.05, 0) is 82.6 Å². The van der Waals surface area contributed by atoms with Crippen LogP contribution in [0.3, 0.4) is 0 Å². The Balaban J connectivity index is 1.15. The molecule has 4 heterocycles. The first kappa shape index (κ1) is 47.0. The number of carbonyl (C=O) groups is 3. The lowest BCUT2D eigenvalue weighted by atomic mass is 10.0. The number of halogens is 4. The molecule has 14 nitrogen and oxygen atoms in total. The molecule has 4 aromatic rings. The van der Waals surface area contributed by atoms with Crippen LogP contribution in [0.15, 0.2) is 53.9 Å². The molecule has 5 atom stereocenters. The van der Waals surface area contributed by atoms with Gasteiger partial charge in [0.25, 0.3) is 5.91 Å². The molecule has 4 aliphatic rings. The molecule has 8 rings (SSSR count). The maximum absolute atomic E-state index is 15.0. The molecular weight excluding hydrogens is 905 g/mol. The molecule has 3 N–H and O–H groups in total. The van der Waals surface area contributed by atoms with E-state index in [4.69, 9.17) is 19.4 Å². The second kappa shape index (κ2) is 18.0. The lowest BCUT2D eigenvalue weighted by Gasteiger charge is -2.30. The zero-order valence-electron chi connectivity index (χ0n) is 37.1. The normalized spacial score (nSPS) is 24.9. The predicted molar refractivity (Wildman–Crippen MR) is 239 cm³/mol. The molecule has 1 saturated heterocycles. The SMILES string of the molecule is COc1ccc2c(O[C@@H]3C[C@H]4C(=O)N[C@]5(C(=O)NS(=O)(=O)C6(C)CC6)C[C@H]5/C=C\CCCCC[C@H](Nc5ccc(OC(F)(F)F)c(F)c5)C(=O)N4C3)cc(-c3nc(C(C)C)cs3)nc2c1C. The van der Waals surface area contributed by atoms with Gasteiger partial charge >= 0.3 is 6.36 Å². The van der Waals surface area contributed by atoms with Crippen LogP contribution in [0.1, 0.15) is 95.7 Å². The van der Waals surface area contributed by atoms with Crippen molar-refractivity contribution in [1.29, 1.82) is 0 Å². The molecule has 2 aliphatic heterocycles. The number of nitrogens with zero attached hydrogens (tertiary/aromatic N) is 3. The number of hydrogen-bond acceptors (Lipinski definition) is 12. The van der Waals surface area contributed by atoms with Gasteiger partial charge in [0.15, 0.2) is 11.6 Å². The Bertz CT molecular complexity index is 2690. The van der Waals surface area contributed by atoms with Crippen LogP contribution in [0.25, 0.3) is 21.6 Å². The third-order valence-electron chi connectivity index (χ3n) is 13.0. The summed E-state index contributed by atoms with van der Waals surface area (Å²) >= 11 is 1.43. The highest BCUT2D eigenvalue weighted by Gasteiger charge is 2.63. The summed E-state index contributed by atoms with van der Waals surface area (Å²) in [4.78, 5) is 54.9. The molecule has 2 aliphatic carbocycles. The molecule has 0 unspecified atom stereocenters. The second-order valence-corrected chi connectivity index (χ2v) is 21.2. The monoisotopic (exact) mass is 956 g/mol. The first-order chi connectivity index (χ1) is 31.2. The number of anilines is 1. The number of rotatable bonds is 11. The van der Waals surface area contributed by atoms with Crippen molar-refractivity contribution >= 4 is 55.7 Å². The van der Waals surface area contributed by atoms with Crippen molar-refractivity contribution in [2.75, 3.05) is 19.0 Å². The van der Waals surface area contributed by atoms with Gasteiger partial charge in [0.05, 0.1) is 29.6 Å². The van der Waals surface area contributed by atoms with Gasteiger partial charge in [-0.3, -0.25) is 19.1 Å². The van der Waals surface area contributed by atoms with Crippen molar-refractivity contribution in [3.8, 4) is 28.0 Å². The quantitative estimate of drug-likeness (QED) is 0.0979. The largest absolute Gasteiger partial charge is 0.573 e. The molecule has 0 radical (unpaired) electrons. The van der Waals surface area contributed by atoms with E-state index in [0.29, 0.717) is 71.6 Å². The van der Waals surface area contributed by atoms with Gasteiger partial charge in [-0.15, -0.1) is 24.5 Å². The Morgan fingerprint density at radius 3 is 2.48 bits per heavy atom. The number of methoxy groups -OCH3 is 1. The van der Waals surface area contributed by atoms with Gasteiger partial charge in [-0.2, -0.15) is 0 Å². The van der Waals surface area contributed by atoms with Crippen molar-refractivity contribution in [1.82, 2.24) is 24.9 Å². The third kappa shape index (κ3) is 9.66. The van der Waals surface area contributed by atoms with Crippen LogP contribution in [0, 0.1) is 18.7 Å². The minimum absolute atomic E-state index is 0.000584. The van der Waals surface area contributed by atoms with Gasteiger partial charge in [0.1, 0.15) is 45.9 Å². The molecular formula is C46H52F4N6O8S2. The Morgan fingerprint density at radius 2 is 1.80 bits per heavy atom. The highest BCUT2D eigenvalue weighted by molar-refractivity contribution is 7.91. The fourth-order valence-electron chi connectivity index (χ4n) is 8.60. The molecule has 2 aromatic carbocycles. The number of allylic oxidation sites excluding steroid dienone is 1. The molecule has 3 fully saturated rings. The molecule has 0 spiro atoms. The Labute approximate surface area is 383 Å². The Morgan fingerprint density at radius 1 is 1.05 bits per heavy atom. The molecule has 2 aromatic heterocycles. The standard InChI is InChI=1S/C46H52F4N6O8S2/c1-25(2)34-24-65-41(53-34)33-21-38(30-14-16-36(62-5)26(3)39(30)52-33)63-29-20-35-40(57)54-45(43(59)55-66(60,61)44(4)17-18-44)22-27(45)11-9-7-6-8-10-12-32(42(58)56(35)23-29)51-28-13-15-37(31(47)19-28)64-46(48,49)50/h9,11,13-16,19,21,24-25,27,29,32,35,51H,6-8,10,12,17-18,20,22-23H2,1-5H3,(H,54,57)(H,55,59)/b11-9-/t27-,29-,32+,35+,45-/m1/s1. The number of nitrogens with one attached hydrogen (secondary N) is 3. The summed E-state index contributed by atoms with van der Waals surface area (Å²) < 4.78 is 97.9. The van der Waals surface area contributed by atoms with E-state index in [9.17, 15) is 40.4 Å². The van der Waals surface area contributed by atoms with E-state index >= 15 is 0 Å². The van der Waals surface area contributed by atoms with Gasteiger partial charge in [-0.25, -0.2) is 22.8 Å². The van der Waals surface area contributed by atoms with Crippen LogP contribution in [-0.4, -0.2) is 89.5 Å². The van der Waals surface area contributed by atoms with E-state index in [2.05, 4.69) is 20.1 Å². The van der Waals surface area contributed by atoms with Gasteiger partial charge in [-0.1, -0.05) is 38.8 Å². The molecule has 66 heavy (non-hydrogen) atoms. The minimum atomic E-state index is -5.13. The van der Waals surface area contributed by atoms with Crippen LogP contribution >= 0.6 is 11.3 Å². The van der Waals surface area contributed by atoms with Crippen LogP contribution in [-0.2, 0) is 24.4 Å². The Kier molecular flexibility index (Phi) is 12.8. The second-order valence-electron chi connectivity index (χ2n) is 18.1. The lowest BCUT2D eigenvalue weighted by molar-refractivity contribution is -0.275. The number of aryl methyl sites for hydroxylation is 1. The van der Waals surface area contributed by atoms with Crippen molar-refractivity contribution in [3.05, 3.63) is 71.0 Å². The number of hydrogen-bond donors (Lipinski definition) is 3. The van der Waals surface area contributed by atoms with E-state index in [-0.39, 0.29) is 37.4 Å². The number of carbonyl (C=O) groups excluding carboxylic acids is 3. The fourth-order valence-corrected chi connectivity index (χ4v) is 10.9. The maximum atomic E-state index is 15.0. The number of amides is 3. The summed E-state index contributed by atoms with van der Waals surface area (Å²) in [6.45, 7) is 7.38. The highest BCUT2D eigenvalue weighted by atomic mass is 32.2. The lowest BCUT2D eigenvalue weighted by Crippen LogP contribution is -2.58. The number of benzene rings is 2. The number of sulfonamides is 1. The van der Waals surface area contributed by atoms with Crippen LogP contribution in [0.5, 0.6) is 17.2 Å². The number of ether oxygens (including phenoxy) is 3. The highest BCUT2D eigenvalue weighted by Crippen LogP contribution is 2.48. The van der Waals surface area contributed by atoms with E-state index in [1.54, 1.807) is 26.2 Å².